The van der Waals surface area contributed by atoms with E-state index in [2.05, 4.69) is 9.88 Å². The fourth-order valence-electron chi connectivity index (χ4n) is 2.01. The van der Waals surface area contributed by atoms with Gasteiger partial charge >= 0.3 is 0 Å². The normalized spacial score (nSPS) is 23.9. The zero-order valence-corrected chi connectivity index (χ0v) is 11.6. The zero-order chi connectivity index (χ0) is 12.6. The van der Waals surface area contributed by atoms with E-state index in [-0.39, 0.29) is 17.5 Å². The van der Waals surface area contributed by atoms with Gasteiger partial charge in [0.2, 0.25) is 0 Å². The second-order valence-corrected chi connectivity index (χ2v) is 7.66. The van der Waals surface area contributed by atoms with E-state index < -0.39 is 9.84 Å². The van der Waals surface area contributed by atoms with E-state index in [0.717, 1.165) is 15.7 Å². The van der Waals surface area contributed by atoms with Gasteiger partial charge < -0.3 is 10.6 Å². The van der Waals surface area contributed by atoms with E-state index in [4.69, 9.17) is 5.73 Å². The van der Waals surface area contributed by atoms with Crippen molar-refractivity contribution in [2.24, 2.45) is 5.73 Å². The van der Waals surface area contributed by atoms with Crippen molar-refractivity contribution >= 4 is 26.3 Å². The van der Waals surface area contributed by atoms with Gasteiger partial charge in [-0.3, -0.25) is 0 Å². The topological polar surface area (TPSA) is 76.3 Å². The van der Waals surface area contributed by atoms with E-state index in [1.165, 1.54) is 0 Å². The van der Waals surface area contributed by atoms with Crippen LogP contribution in [0.2, 0.25) is 0 Å². The minimum absolute atomic E-state index is 0.00933. The van der Waals surface area contributed by atoms with Crippen LogP contribution < -0.4 is 10.6 Å². The lowest BCUT2D eigenvalue weighted by Crippen LogP contribution is -2.46. The summed E-state index contributed by atoms with van der Waals surface area (Å²) in [6.45, 7) is 4.88. The Bertz CT molecular complexity index is 510. The van der Waals surface area contributed by atoms with Crippen LogP contribution in [0.4, 0.5) is 5.13 Å². The average molecular weight is 275 g/mol. The van der Waals surface area contributed by atoms with Gasteiger partial charge in [-0.1, -0.05) is 0 Å². The molecule has 96 valence electrons. The lowest BCUT2D eigenvalue weighted by atomic mass is 10.3. The SMILES string of the molecule is Cc1nc(N2CCS(=O)(=O)CC2C)sc1CN. The summed E-state index contributed by atoms with van der Waals surface area (Å²) < 4.78 is 23.0. The standard InChI is InChI=1S/C10H17N3O2S2/c1-7-6-17(14,15)4-3-13(7)10-12-8(2)9(5-11)16-10/h7H,3-6,11H2,1-2H3. The first-order chi connectivity index (χ1) is 7.93. The first-order valence-corrected chi connectivity index (χ1v) is 8.20. The molecule has 0 amide bonds. The van der Waals surface area contributed by atoms with Crippen LogP contribution in [0, 0.1) is 6.92 Å². The highest BCUT2D eigenvalue weighted by Gasteiger charge is 2.30. The van der Waals surface area contributed by atoms with Crippen LogP contribution in [-0.4, -0.2) is 37.5 Å². The van der Waals surface area contributed by atoms with Crippen molar-refractivity contribution in [1.82, 2.24) is 4.98 Å². The molecule has 2 N–H and O–H groups in total. The lowest BCUT2D eigenvalue weighted by Gasteiger charge is -2.32. The molecule has 1 aromatic heterocycles. The number of nitrogens with zero attached hydrogens (tertiary/aromatic N) is 2. The Hall–Kier alpha value is -0.660. The highest BCUT2D eigenvalue weighted by Crippen LogP contribution is 2.28. The predicted octanol–water partition coefficient (Wildman–Crippen LogP) is 0.534. The summed E-state index contributed by atoms with van der Waals surface area (Å²) in [5.74, 6) is 0.428. The lowest BCUT2D eigenvalue weighted by molar-refractivity contribution is 0.568. The number of aromatic nitrogens is 1. The molecule has 2 heterocycles. The molecule has 1 fully saturated rings. The van der Waals surface area contributed by atoms with Crippen LogP contribution >= 0.6 is 11.3 Å². The van der Waals surface area contributed by atoms with Crippen molar-refractivity contribution in [3.8, 4) is 0 Å². The van der Waals surface area contributed by atoms with Crippen LogP contribution in [0.15, 0.2) is 0 Å². The van der Waals surface area contributed by atoms with Crippen molar-refractivity contribution in [3.05, 3.63) is 10.6 Å². The second-order valence-electron chi connectivity index (χ2n) is 4.37. The van der Waals surface area contributed by atoms with E-state index in [0.29, 0.717) is 13.1 Å². The van der Waals surface area contributed by atoms with E-state index >= 15 is 0 Å². The Morgan fingerprint density at radius 3 is 2.82 bits per heavy atom. The van der Waals surface area contributed by atoms with Crippen molar-refractivity contribution in [2.75, 3.05) is 23.0 Å². The van der Waals surface area contributed by atoms with Crippen LogP contribution in [0.3, 0.4) is 0 Å². The number of hydrogen-bond acceptors (Lipinski definition) is 6. The van der Waals surface area contributed by atoms with Crippen molar-refractivity contribution < 1.29 is 8.42 Å². The van der Waals surface area contributed by atoms with E-state index in [9.17, 15) is 8.42 Å². The third kappa shape index (κ3) is 2.61. The molecule has 1 aliphatic heterocycles. The molecule has 1 unspecified atom stereocenters. The van der Waals surface area contributed by atoms with Crippen LogP contribution in [-0.2, 0) is 16.4 Å². The molecule has 1 atom stereocenters. The van der Waals surface area contributed by atoms with E-state index in [1.54, 1.807) is 11.3 Å². The zero-order valence-electron chi connectivity index (χ0n) is 10.0. The largest absolute Gasteiger partial charge is 0.343 e. The van der Waals surface area contributed by atoms with Crippen molar-refractivity contribution in [1.29, 1.82) is 0 Å². The summed E-state index contributed by atoms with van der Waals surface area (Å²) in [6, 6.07) is -0.00933. The van der Waals surface area contributed by atoms with Gasteiger partial charge in [0.25, 0.3) is 0 Å². The average Bonchev–Trinajstić information content (AvgIpc) is 2.58. The van der Waals surface area contributed by atoms with E-state index in [1.807, 2.05) is 13.8 Å². The van der Waals surface area contributed by atoms with Gasteiger partial charge in [-0.2, -0.15) is 0 Å². The predicted molar refractivity (Wildman–Crippen MR) is 70.2 cm³/mol. The maximum Gasteiger partial charge on any atom is 0.186 e. The Balaban J connectivity index is 2.23. The molecule has 17 heavy (non-hydrogen) atoms. The van der Waals surface area contributed by atoms with Gasteiger partial charge in [-0.25, -0.2) is 13.4 Å². The number of thiazole rings is 1. The third-order valence-corrected chi connectivity index (χ3v) is 5.99. The Morgan fingerprint density at radius 1 is 1.59 bits per heavy atom. The smallest absolute Gasteiger partial charge is 0.186 e. The summed E-state index contributed by atoms with van der Waals surface area (Å²) in [6.07, 6.45) is 0. The maximum atomic E-state index is 11.5. The number of anilines is 1. The van der Waals surface area contributed by atoms with Crippen LogP contribution in [0.1, 0.15) is 17.5 Å². The van der Waals surface area contributed by atoms with Gasteiger partial charge in [0.15, 0.2) is 15.0 Å². The molecule has 0 aliphatic carbocycles. The highest BCUT2D eigenvalue weighted by atomic mass is 32.2. The summed E-state index contributed by atoms with van der Waals surface area (Å²) >= 11 is 1.56. The summed E-state index contributed by atoms with van der Waals surface area (Å²) in [7, 11) is -2.87. The fourth-order valence-corrected chi connectivity index (χ4v) is 4.63. The molecule has 0 radical (unpaired) electrons. The quantitative estimate of drug-likeness (QED) is 0.852. The molecule has 1 saturated heterocycles. The van der Waals surface area contributed by atoms with Gasteiger partial charge in [0.1, 0.15) is 0 Å². The molecule has 0 aromatic carbocycles. The van der Waals surface area contributed by atoms with Gasteiger partial charge in [-0.05, 0) is 13.8 Å². The molecule has 5 nitrogen and oxygen atoms in total. The van der Waals surface area contributed by atoms with Gasteiger partial charge in [-0.15, -0.1) is 11.3 Å². The summed E-state index contributed by atoms with van der Waals surface area (Å²) in [5, 5.41) is 0.894. The molecular formula is C10H17N3O2S2. The fraction of sp³-hybridized carbons (Fsp3) is 0.700. The molecular weight excluding hydrogens is 258 g/mol. The molecule has 1 aromatic rings. The summed E-state index contributed by atoms with van der Waals surface area (Å²) in [5.41, 5.74) is 6.58. The molecule has 1 aliphatic rings. The first kappa shape index (κ1) is 12.8. The molecule has 0 spiro atoms. The van der Waals surface area contributed by atoms with Crippen molar-refractivity contribution in [2.45, 2.75) is 26.4 Å². The van der Waals surface area contributed by atoms with Crippen LogP contribution in [0.5, 0.6) is 0 Å². The monoisotopic (exact) mass is 275 g/mol. The molecule has 2 rings (SSSR count). The summed E-state index contributed by atoms with van der Waals surface area (Å²) in [4.78, 5) is 7.61. The minimum atomic E-state index is -2.87. The second kappa shape index (κ2) is 4.55. The Labute approximate surface area is 106 Å². The molecule has 0 saturated carbocycles. The minimum Gasteiger partial charge on any atom is -0.343 e. The molecule has 0 bridgehead atoms. The maximum absolute atomic E-state index is 11.5. The van der Waals surface area contributed by atoms with Gasteiger partial charge in [0.05, 0.1) is 17.2 Å². The molecule has 7 heteroatoms. The number of sulfone groups is 1. The number of nitrogens with two attached hydrogens (primary N) is 1. The number of aryl methyl sites for hydroxylation is 1. The Kier molecular flexibility index (Phi) is 3.42. The highest BCUT2D eigenvalue weighted by molar-refractivity contribution is 7.91. The number of hydrogen-bond donors (Lipinski definition) is 1. The van der Waals surface area contributed by atoms with Crippen molar-refractivity contribution in [3.63, 3.8) is 0 Å². The first-order valence-electron chi connectivity index (χ1n) is 5.56. The van der Waals surface area contributed by atoms with Crippen LogP contribution in [0.25, 0.3) is 0 Å². The van der Waals surface area contributed by atoms with Gasteiger partial charge in [0, 0.05) is 24.0 Å². The Morgan fingerprint density at radius 2 is 2.29 bits per heavy atom. The third-order valence-electron chi connectivity index (χ3n) is 2.98. The number of rotatable bonds is 2.